The van der Waals surface area contributed by atoms with Crippen molar-refractivity contribution < 1.29 is 22.6 Å². The van der Waals surface area contributed by atoms with Crippen LogP contribution >= 0.6 is 0 Å². The number of rotatable bonds is 3. The average molecular weight is 294 g/mol. The third-order valence-electron chi connectivity index (χ3n) is 2.60. The second kappa shape index (κ2) is 5.71. The third kappa shape index (κ3) is 3.42. The molecule has 1 heterocycles. The molecule has 0 amide bonds. The number of pyridine rings is 1. The van der Waals surface area contributed by atoms with E-state index in [0.717, 1.165) is 6.07 Å². The largest absolute Gasteiger partial charge is 0.573 e. The molecule has 0 spiro atoms. The highest BCUT2D eigenvalue weighted by molar-refractivity contribution is 5.71. The molecule has 0 aliphatic rings. The number of nitriles is 1. The summed E-state index contributed by atoms with van der Waals surface area (Å²) in [6, 6.07) is 8.81. The summed E-state index contributed by atoms with van der Waals surface area (Å²) in [6.07, 6.45) is -3.33. The molecule has 0 bridgehead atoms. The second-order valence-corrected chi connectivity index (χ2v) is 3.93. The van der Waals surface area contributed by atoms with Gasteiger partial charge in [0.25, 0.3) is 0 Å². The van der Waals surface area contributed by atoms with Gasteiger partial charge in [0.15, 0.2) is 0 Å². The number of hydrogen-bond acceptors (Lipinski definition) is 4. The molecule has 0 aliphatic heterocycles. The van der Waals surface area contributed by atoms with Crippen LogP contribution in [0.2, 0.25) is 0 Å². The maximum atomic E-state index is 12.2. The number of alkyl halides is 3. The van der Waals surface area contributed by atoms with Crippen molar-refractivity contribution in [2.24, 2.45) is 0 Å². The molecular weight excluding hydrogens is 285 g/mol. The Balaban J connectivity index is 2.47. The van der Waals surface area contributed by atoms with Crippen molar-refractivity contribution in [3.05, 3.63) is 42.1 Å². The molecule has 0 atom stereocenters. The molecule has 0 N–H and O–H groups in total. The predicted molar refractivity (Wildman–Crippen MR) is 67.6 cm³/mol. The van der Waals surface area contributed by atoms with Crippen molar-refractivity contribution in [2.75, 3.05) is 7.11 Å². The lowest BCUT2D eigenvalue weighted by atomic mass is 10.0. The highest BCUT2D eigenvalue weighted by Gasteiger charge is 2.32. The van der Waals surface area contributed by atoms with E-state index in [-0.39, 0.29) is 5.56 Å². The summed E-state index contributed by atoms with van der Waals surface area (Å²) in [4.78, 5) is 3.99. The van der Waals surface area contributed by atoms with E-state index in [9.17, 15) is 13.2 Å². The van der Waals surface area contributed by atoms with Crippen LogP contribution in [0.15, 0.2) is 36.5 Å². The zero-order chi connectivity index (χ0) is 15.5. The molecule has 108 valence electrons. The van der Waals surface area contributed by atoms with Crippen molar-refractivity contribution in [1.29, 1.82) is 5.26 Å². The van der Waals surface area contributed by atoms with Gasteiger partial charge in [0.05, 0.1) is 12.7 Å². The quantitative estimate of drug-likeness (QED) is 0.869. The number of aromatic nitrogens is 1. The summed E-state index contributed by atoms with van der Waals surface area (Å²) >= 11 is 0. The van der Waals surface area contributed by atoms with E-state index < -0.39 is 12.1 Å². The number of hydrogen-bond donors (Lipinski definition) is 0. The summed E-state index contributed by atoms with van der Waals surface area (Å²) in [5, 5.41) is 8.97. The maximum absolute atomic E-state index is 12.2. The van der Waals surface area contributed by atoms with Crippen molar-refractivity contribution in [3.63, 3.8) is 0 Å². The van der Waals surface area contributed by atoms with Crippen molar-refractivity contribution >= 4 is 0 Å². The number of benzene rings is 1. The van der Waals surface area contributed by atoms with Crippen LogP contribution < -0.4 is 9.47 Å². The van der Waals surface area contributed by atoms with Gasteiger partial charge in [-0.15, -0.1) is 13.2 Å². The first-order valence-electron chi connectivity index (χ1n) is 5.74. The first kappa shape index (κ1) is 14.7. The van der Waals surface area contributed by atoms with Gasteiger partial charge < -0.3 is 9.47 Å². The van der Waals surface area contributed by atoms with Gasteiger partial charge >= 0.3 is 6.36 Å². The Morgan fingerprint density at radius 1 is 1.24 bits per heavy atom. The van der Waals surface area contributed by atoms with Crippen LogP contribution in [0.5, 0.6) is 11.6 Å². The van der Waals surface area contributed by atoms with Gasteiger partial charge in [-0.2, -0.15) is 5.26 Å². The zero-order valence-corrected chi connectivity index (χ0v) is 10.8. The molecule has 2 rings (SSSR count). The SMILES string of the molecule is COc1ncccc1-c1ccc(OC(F)(F)F)c(C#N)c1. The number of methoxy groups -OCH3 is 1. The van der Waals surface area contributed by atoms with Crippen LogP contribution in [-0.4, -0.2) is 18.5 Å². The number of nitrogens with zero attached hydrogens (tertiary/aromatic N) is 2. The highest BCUT2D eigenvalue weighted by atomic mass is 19.4. The Labute approximate surface area is 118 Å². The molecule has 0 unspecified atom stereocenters. The fraction of sp³-hybridized carbons (Fsp3) is 0.143. The minimum atomic E-state index is -4.85. The first-order chi connectivity index (χ1) is 9.94. The molecule has 0 saturated heterocycles. The Morgan fingerprint density at radius 2 is 2.00 bits per heavy atom. The lowest BCUT2D eigenvalue weighted by molar-refractivity contribution is -0.274. The Morgan fingerprint density at radius 3 is 2.62 bits per heavy atom. The third-order valence-corrected chi connectivity index (χ3v) is 2.60. The topological polar surface area (TPSA) is 55.1 Å². The van der Waals surface area contributed by atoms with Gasteiger partial charge in [-0.25, -0.2) is 4.98 Å². The molecule has 0 saturated carbocycles. The van der Waals surface area contributed by atoms with E-state index in [2.05, 4.69) is 9.72 Å². The molecule has 21 heavy (non-hydrogen) atoms. The number of halogens is 3. The molecule has 1 aromatic carbocycles. The van der Waals surface area contributed by atoms with Crippen LogP contribution in [0.3, 0.4) is 0 Å². The smallest absolute Gasteiger partial charge is 0.481 e. The van der Waals surface area contributed by atoms with Crippen molar-refractivity contribution in [1.82, 2.24) is 4.98 Å². The summed E-state index contributed by atoms with van der Waals surface area (Å²) in [7, 11) is 1.43. The maximum Gasteiger partial charge on any atom is 0.573 e. The van der Waals surface area contributed by atoms with Crippen LogP contribution in [0.4, 0.5) is 13.2 Å². The van der Waals surface area contributed by atoms with E-state index in [4.69, 9.17) is 10.00 Å². The van der Waals surface area contributed by atoms with E-state index in [1.165, 1.54) is 25.4 Å². The molecule has 7 heteroatoms. The lowest BCUT2D eigenvalue weighted by Gasteiger charge is -2.12. The van der Waals surface area contributed by atoms with E-state index >= 15 is 0 Å². The monoisotopic (exact) mass is 294 g/mol. The lowest BCUT2D eigenvalue weighted by Crippen LogP contribution is -2.17. The molecule has 0 aliphatic carbocycles. The van der Waals surface area contributed by atoms with Crippen LogP contribution in [0.1, 0.15) is 5.56 Å². The predicted octanol–water partition coefficient (Wildman–Crippen LogP) is 3.53. The van der Waals surface area contributed by atoms with E-state index in [0.29, 0.717) is 17.0 Å². The van der Waals surface area contributed by atoms with Gasteiger partial charge in [-0.3, -0.25) is 0 Å². The zero-order valence-electron chi connectivity index (χ0n) is 10.8. The average Bonchev–Trinajstić information content (AvgIpc) is 2.46. The minimum Gasteiger partial charge on any atom is -0.481 e. The van der Waals surface area contributed by atoms with Gasteiger partial charge in [0, 0.05) is 11.8 Å². The molecular formula is C14H9F3N2O2. The van der Waals surface area contributed by atoms with Gasteiger partial charge in [0.1, 0.15) is 11.8 Å². The second-order valence-electron chi connectivity index (χ2n) is 3.93. The summed E-state index contributed by atoms with van der Waals surface area (Å²) in [6.45, 7) is 0. The van der Waals surface area contributed by atoms with Crippen LogP contribution in [0.25, 0.3) is 11.1 Å². The molecule has 4 nitrogen and oxygen atoms in total. The van der Waals surface area contributed by atoms with Crippen LogP contribution in [0, 0.1) is 11.3 Å². The van der Waals surface area contributed by atoms with Gasteiger partial charge in [-0.1, -0.05) is 6.07 Å². The summed E-state index contributed by atoms with van der Waals surface area (Å²) in [5.41, 5.74) is 0.844. The van der Waals surface area contributed by atoms with Crippen molar-refractivity contribution in [2.45, 2.75) is 6.36 Å². The van der Waals surface area contributed by atoms with Crippen molar-refractivity contribution in [3.8, 4) is 28.8 Å². The van der Waals surface area contributed by atoms with E-state index in [1.54, 1.807) is 18.2 Å². The summed E-state index contributed by atoms with van der Waals surface area (Å²) in [5.74, 6) is -0.234. The molecule has 2 aromatic rings. The fourth-order valence-corrected chi connectivity index (χ4v) is 1.77. The van der Waals surface area contributed by atoms with Gasteiger partial charge in [-0.05, 0) is 29.8 Å². The number of ether oxygens (including phenoxy) is 2. The normalized spacial score (nSPS) is 10.8. The van der Waals surface area contributed by atoms with E-state index in [1.807, 2.05) is 0 Å². The highest BCUT2D eigenvalue weighted by Crippen LogP contribution is 2.33. The Hall–Kier alpha value is -2.75. The Bertz CT molecular complexity index is 693. The molecule has 0 fully saturated rings. The Kier molecular flexibility index (Phi) is 3.98. The van der Waals surface area contributed by atoms with Crippen LogP contribution in [-0.2, 0) is 0 Å². The minimum absolute atomic E-state index is 0.226. The first-order valence-corrected chi connectivity index (χ1v) is 5.74. The molecule has 1 aromatic heterocycles. The van der Waals surface area contributed by atoms with Gasteiger partial charge in [0.2, 0.25) is 5.88 Å². The fourth-order valence-electron chi connectivity index (χ4n) is 1.77. The summed E-state index contributed by atoms with van der Waals surface area (Å²) < 4.78 is 45.6. The molecule has 0 radical (unpaired) electrons. The standard InChI is InChI=1S/C14H9F3N2O2/c1-20-13-11(3-2-6-19-13)9-4-5-12(10(7-9)8-18)21-14(15,16)17/h2-7H,1H3.